The molecular weight excluding hydrogens is 278 g/mol. The van der Waals surface area contributed by atoms with E-state index in [2.05, 4.69) is 17.2 Å². The highest BCUT2D eigenvalue weighted by Crippen LogP contribution is 2.22. The molecule has 0 atom stereocenters. The van der Waals surface area contributed by atoms with E-state index in [-0.39, 0.29) is 5.91 Å². The normalized spacial score (nSPS) is 11.0. The lowest BCUT2D eigenvalue weighted by molar-refractivity contribution is 0.0950. The Labute approximate surface area is 129 Å². The number of nitrogens with zero attached hydrogens (tertiary/aromatic N) is 2. The van der Waals surface area contributed by atoms with E-state index in [1.165, 1.54) is 11.8 Å². The van der Waals surface area contributed by atoms with Crippen LogP contribution in [0.25, 0.3) is 11.0 Å². The van der Waals surface area contributed by atoms with Crippen molar-refractivity contribution in [3.05, 3.63) is 53.8 Å². The molecule has 0 aliphatic heterocycles. The van der Waals surface area contributed by atoms with E-state index in [0.29, 0.717) is 12.1 Å². The average Bonchev–Trinajstić information content (AvgIpc) is 3.17. The van der Waals surface area contributed by atoms with E-state index in [1.54, 1.807) is 6.20 Å². The zero-order valence-corrected chi connectivity index (χ0v) is 12.8. The molecule has 5 nitrogen and oxygen atoms in total. The number of rotatable bonds is 5. The summed E-state index contributed by atoms with van der Waals surface area (Å²) in [6.07, 6.45) is 6.09. The van der Waals surface area contributed by atoms with Gasteiger partial charge in [0.2, 0.25) is 0 Å². The summed E-state index contributed by atoms with van der Waals surface area (Å²) < 4.78 is 7.47. The second-order valence-corrected chi connectivity index (χ2v) is 5.15. The van der Waals surface area contributed by atoms with E-state index in [1.807, 2.05) is 35.9 Å². The van der Waals surface area contributed by atoms with Crippen molar-refractivity contribution in [1.82, 2.24) is 14.9 Å². The summed E-state index contributed by atoms with van der Waals surface area (Å²) in [6.45, 7) is 5.37. The van der Waals surface area contributed by atoms with Crippen LogP contribution in [0.15, 0.2) is 41.3 Å². The average molecular weight is 297 g/mol. The van der Waals surface area contributed by atoms with Crippen LogP contribution in [0.5, 0.6) is 0 Å². The van der Waals surface area contributed by atoms with Gasteiger partial charge >= 0.3 is 0 Å². The van der Waals surface area contributed by atoms with Crippen LogP contribution in [0.3, 0.4) is 0 Å². The Morgan fingerprint density at radius 2 is 2.23 bits per heavy atom. The molecule has 0 bridgehead atoms. The SMILES string of the molecule is CCc1ccc2occ(C(=O)NCc3nccn3CC)c2c1. The summed E-state index contributed by atoms with van der Waals surface area (Å²) in [4.78, 5) is 16.7. The molecule has 0 unspecified atom stereocenters. The molecule has 0 saturated carbocycles. The van der Waals surface area contributed by atoms with Gasteiger partial charge in [-0.2, -0.15) is 0 Å². The summed E-state index contributed by atoms with van der Waals surface area (Å²) in [7, 11) is 0. The Morgan fingerprint density at radius 1 is 1.36 bits per heavy atom. The molecule has 0 aliphatic rings. The molecule has 0 radical (unpaired) electrons. The number of hydrogen-bond donors (Lipinski definition) is 1. The van der Waals surface area contributed by atoms with Gasteiger partial charge in [0.25, 0.3) is 5.91 Å². The molecule has 0 spiro atoms. The number of imidazole rings is 1. The molecule has 1 N–H and O–H groups in total. The fourth-order valence-corrected chi connectivity index (χ4v) is 2.52. The van der Waals surface area contributed by atoms with Crippen LogP contribution in [0.2, 0.25) is 0 Å². The molecule has 3 rings (SSSR count). The molecule has 5 heteroatoms. The van der Waals surface area contributed by atoms with Crippen molar-refractivity contribution in [2.45, 2.75) is 33.4 Å². The number of carbonyl (C=O) groups excluding carboxylic acids is 1. The number of aryl methyl sites for hydroxylation is 2. The number of nitrogens with one attached hydrogen (secondary N) is 1. The minimum absolute atomic E-state index is 0.141. The lowest BCUT2D eigenvalue weighted by Gasteiger charge is -2.06. The third-order valence-corrected chi connectivity index (χ3v) is 3.84. The second-order valence-electron chi connectivity index (χ2n) is 5.15. The van der Waals surface area contributed by atoms with Crippen molar-refractivity contribution in [3.8, 4) is 0 Å². The number of amides is 1. The third kappa shape index (κ3) is 2.62. The van der Waals surface area contributed by atoms with E-state index in [9.17, 15) is 4.79 Å². The van der Waals surface area contributed by atoms with Crippen LogP contribution in [-0.2, 0) is 19.5 Å². The van der Waals surface area contributed by atoms with Crippen LogP contribution in [-0.4, -0.2) is 15.5 Å². The maximum Gasteiger partial charge on any atom is 0.255 e. The fourth-order valence-electron chi connectivity index (χ4n) is 2.52. The fraction of sp³-hybridized carbons (Fsp3) is 0.294. The van der Waals surface area contributed by atoms with E-state index >= 15 is 0 Å². The molecule has 0 saturated heterocycles. The molecular formula is C17H19N3O2. The Balaban J connectivity index is 1.80. The van der Waals surface area contributed by atoms with E-state index in [4.69, 9.17) is 4.42 Å². The van der Waals surface area contributed by atoms with Crippen molar-refractivity contribution in [3.63, 3.8) is 0 Å². The predicted molar refractivity (Wildman–Crippen MR) is 84.7 cm³/mol. The Hall–Kier alpha value is -2.56. The van der Waals surface area contributed by atoms with Gasteiger partial charge in [-0.3, -0.25) is 4.79 Å². The number of furan rings is 1. The van der Waals surface area contributed by atoms with Crippen LogP contribution >= 0.6 is 0 Å². The maximum atomic E-state index is 12.4. The first-order chi connectivity index (χ1) is 10.7. The van der Waals surface area contributed by atoms with Crippen molar-refractivity contribution >= 4 is 16.9 Å². The minimum atomic E-state index is -0.141. The summed E-state index contributed by atoms with van der Waals surface area (Å²) in [5, 5.41) is 3.77. The summed E-state index contributed by atoms with van der Waals surface area (Å²) in [5.74, 6) is 0.704. The van der Waals surface area contributed by atoms with E-state index in [0.717, 1.165) is 29.8 Å². The smallest absolute Gasteiger partial charge is 0.255 e. The van der Waals surface area contributed by atoms with Gasteiger partial charge in [0.15, 0.2) is 0 Å². The van der Waals surface area contributed by atoms with Crippen molar-refractivity contribution < 1.29 is 9.21 Å². The molecule has 2 aromatic heterocycles. The van der Waals surface area contributed by atoms with Crippen LogP contribution in [0.1, 0.15) is 35.6 Å². The summed E-state index contributed by atoms with van der Waals surface area (Å²) in [6, 6.07) is 5.95. The maximum absolute atomic E-state index is 12.4. The highest BCUT2D eigenvalue weighted by atomic mass is 16.3. The number of fused-ring (bicyclic) bond motifs is 1. The number of aromatic nitrogens is 2. The number of benzene rings is 1. The van der Waals surface area contributed by atoms with Gasteiger partial charge in [-0.1, -0.05) is 13.0 Å². The molecule has 0 aliphatic carbocycles. The zero-order chi connectivity index (χ0) is 15.5. The van der Waals surface area contributed by atoms with Gasteiger partial charge in [0.1, 0.15) is 17.7 Å². The molecule has 1 amide bonds. The van der Waals surface area contributed by atoms with Crippen molar-refractivity contribution in [1.29, 1.82) is 0 Å². The largest absolute Gasteiger partial charge is 0.463 e. The molecule has 22 heavy (non-hydrogen) atoms. The van der Waals surface area contributed by atoms with Gasteiger partial charge in [-0.25, -0.2) is 4.98 Å². The van der Waals surface area contributed by atoms with Gasteiger partial charge in [-0.05, 0) is 31.0 Å². The predicted octanol–water partition coefficient (Wildman–Crippen LogP) is 3.14. The van der Waals surface area contributed by atoms with E-state index < -0.39 is 0 Å². The highest BCUT2D eigenvalue weighted by Gasteiger charge is 2.14. The number of carbonyl (C=O) groups is 1. The Kier molecular flexibility index (Phi) is 3.96. The van der Waals surface area contributed by atoms with Gasteiger partial charge < -0.3 is 14.3 Å². The lowest BCUT2D eigenvalue weighted by atomic mass is 10.1. The highest BCUT2D eigenvalue weighted by molar-refractivity contribution is 6.06. The van der Waals surface area contributed by atoms with Gasteiger partial charge in [-0.15, -0.1) is 0 Å². The second kappa shape index (κ2) is 6.05. The quantitative estimate of drug-likeness (QED) is 0.787. The first-order valence-corrected chi connectivity index (χ1v) is 7.51. The summed E-state index contributed by atoms with van der Waals surface area (Å²) in [5.41, 5.74) is 2.49. The lowest BCUT2D eigenvalue weighted by Crippen LogP contribution is -2.24. The molecule has 3 aromatic rings. The molecule has 2 heterocycles. The third-order valence-electron chi connectivity index (χ3n) is 3.84. The summed E-state index contributed by atoms with van der Waals surface area (Å²) >= 11 is 0. The molecule has 0 fully saturated rings. The standard InChI is InChI=1S/C17H19N3O2/c1-3-12-5-6-15-13(9-12)14(11-22-15)17(21)19-10-16-18-7-8-20(16)4-2/h5-9,11H,3-4,10H2,1-2H3,(H,19,21). The first kappa shape index (κ1) is 14.4. The Morgan fingerprint density at radius 3 is 3.00 bits per heavy atom. The van der Waals surface area contributed by atoms with Crippen molar-refractivity contribution in [2.75, 3.05) is 0 Å². The number of hydrogen-bond acceptors (Lipinski definition) is 3. The van der Waals surface area contributed by atoms with Gasteiger partial charge in [0, 0.05) is 24.3 Å². The zero-order valence-electron chi connectivity index (χ0n) is 12.8. The molecule has 114 valence electrons. The van der Waals surface area contributed by atoms with Crippen LogP contribution in [0, 0.1) is 0 Å². The topological polar surface area (TPSA) is 60.1 Å². The monoisotopic (exact) mass is 297 g/mol. The minimum Gasteiger partial charge on any atom is -0.463 e. The molecule has 1 aromatic carbocycles. The first-order valence-electron chi connectivity index (χ1n) is 7.51. The van der Waals surface area contributed by atoms with Crippen LogP contribution in [0.4, 0.5) is 0 Å². The Bertz CT molecular complexity index is 801. The van der Waals surface area contributed by atoms with Crippen molar-refractivity contribution in [2.24, 2.45) is 0 Å². The van der Waals surface area contributed by atoms with Crippen LogP contribution < -0.4 is 5.32 Å². The van der Waals surface area contributed by atoms with Gasteiger partial charge in [0.05, 0.1) is 12.1 Å².